The van der Waals surface area contributed by atoms with Crippen molar-refractivity contribution in [3.63, 3.8) is 0 Å². The maximum Gasteiger partial charge on any atom is 0.328 e. The molecular formula is C29H45N5O10. The number of hydrogen-bond acceptors (Lipinski definition) is 9. The second-order valence-electron chi connectivity index (χ2n) is 11.4. The van der Waals surface area contributed by atoms with E-state index >= 15 is 0 Å². The van der Waals surface area contributed by atoms with E-state index in [1.165, 1.54) is 24.3 Å². The molecule has 1 aromatic carbocycles. The Balaban J connectivity index is 3.26. The van der Waals surface area contributed by atoms with Crippen molar-refractivity contribution >= 4 is 35.6 Å². The fourth-order valence-electron chi connectivity index (χ4n) is 4.21. The van der Waals surface area contributed by atoms with Gasteiger partial charge in [0, 0.05) is 12.8 Å². The van der Waals surface area contributed by atoms with Gasteiger partial charge in [0.15, 0.2) is 0 Å². The van der Waals surface area contributed by atoms with Gasteiger partial charge in [0.1, 0.15) is 29.9 Å². The van der Waals surface area contributed by atoms with Crippen LogP contribution in [-0.4, -0.2) is 92.8 Å². The van der Waals surface area contributed by atoms with Gasteiger partial charge in [-0.25, -0.2) is 4.79 Å². The highest BCUT2D eigenvalue weighted by molar-refractivity contribution is 5.95. The largest absolute Gasteiger partial charge is 0.508 e. The molecule has 0 unspecified atom stereocenters. The van der Waals surface area contributed by atoms with E-state index in [-0.39, 0.29) is 36.8 Å². The molecule has 0 spiro atoms. The van der Waals surface area contributed by atoms with E-state index in [0.717, 1.165) is 0 Å². The van der Waals surface area contributed by atoms with Crippen LogP contribution in [-0.2, 0) is 35.2 Å². The minimum absolute atomic E-state index is 0.0605. The van der Waals surface area contributed by atoms with Crippen LogP contribution in [0.3, 0.4) is 0 Å². The first kappa shape index (κ1) is 37.8. The van der Waals surface area contributed by atoms with Crippen molar-refractivity contribution < 1.29 is 49.2 Å². The molecule has 1 rings (SSSR count). The van der Waals surface area contributed by atoms with Crippen LogP contribution in [0.5, 0.6) is 5.75 Å². The Morgan fingerprint density at radius 1 is 0.705 bits per heavy atom. The second-order valence-corrected chi connectivity index (χ2v) is 11.4. The van der Waals surface area contributed by atoms with Crippen LogP contribution < -0.4 is 27.0 Å². The summed E-state index contributed by atoms with van der Waals surface area (Å²) in [5.74, 6) is -6.02. The topological polar surface area (TPSA) is 257 Å². The van der Waals surface area contributed by atoms with Gasteiger partial charge >= 0.3 is 11.9 Å². The van der Waals surface area contributed by atoms with E-state index in [9.17, 15) is 49.2 Å². The van der Waals surface area contributed by atoms with Crippen molar-refractivity contribution in [1.82, 2.24) is 21.3 Å². The Bertz CT molecular complexity index is 1140. The third-order valence-electron chi connectivity index (χ3n) is 6.49. The van der Waals surface area contributed by atoms with Crippen molar-refractivity contribution in [2.45, 2.75) is 90.0 Å². The smallest absolute Gasteiger partial charge is 0.328 e. The van der Waals surface area contributed by atoms with Crippen LogP contribution >= 0.6 is 0 Å². The van der Waals surface area contributed by atoms with Crippen molar-refractivity contribution in [2.24, 2.45) is 17.6 Å². The summed E-state index contributed by atoms with van der Waals surface area (Å²) in [6, 6.07) is -0.925. The molecular weight excluding hydrogens is 578 g/mol. The standard InChI is InChI=1S/C29H45N5O10/c1-15(2)11-19(30)25(39)32-21(12-16(3)4)27(41)31-20(9-10-24(37)38)26(40)33-22(13-17-5-7-18(36)8-6-17)28(42)34-23(14-35)29(43)44/h5-8,15-16,19-23,35-36H,9-14,30H2,1-4H3,(H,31,41)(H,32,39)(H,33,40)(H,34,42)(H,37,38)(H,43,44)/t19-,20-,21-,22-,23-/m0/s1. The molecule has 0 aliphatic rings. The number of phenolic OH excluding ortho intramolecular Hbond substituents is 1. The molecule has 0 saturated carbocycles. The monoisotopic (exact) mass is 623 g/mol. The van der Waals surface area contributed by atoms with Crippen LogP contribution in [0, 0.1) is 11.8 Å². The second kappa shape index (κ2) is 18.4. The van der Waals surface area contributed by atoms with E-state index in [0.29, 0.717) is 12.0 Å². The van der Waals surface area contributed by atoms with Crippen LogP contribution in [0.25, 0.3) is 0 Å². The number of aliphatic hydroxyl groups is 1. The fraction of sp³-hybridized carbons (Fsp3) is 0.586. The molecule has 15 nitrogen and oxygen atoms in total. The zero-order chi connectivity index (χ0) is 33.6. The number of aromatic hydroxyl groups is 1. The highest BCUT2D eigenvalue weighted by atomic mass is 16.4. The first-order chi connectivity index (χ1) is 20.5. The lowest BCUT2D eigenvalue weighted by atomic mass is 9.99. The summed E-state index contributed by atoms with van der Waals surface area (Å²) < 4.78 is 0. The summed E-state index contributed by atoms with van der Waals surface area (Å²) in [6.07, 6.45) is -0.532. The first-order valence-corrected chi connectivity index (χ1v) is 14.3. The van der Waals surface area contributed by atoms with Crippen LogP contribution in [0.15, 0.2) is 24.3 Å². The zero-order valence-corrected chi connectivity index (χ0v) is 25.4. The number of nitrogens with one attached hydrogen (secondary N) is 4. The van der Waals surface area contributed by atoms with Crippen LogP contribution in [0.2, 0.25) is 0 Å². The average molecular weight is 624 g/mol. The number of phenols is 1. The van der Waals surface area contributed by atoms with Gasteiger partial charge in [-0.3, -0.25) is 24.0 Å². The molecule has 15 heteroatoms. The van der Waals surface area contributed by atoms with Gasteiger partial charge in [-0.15, -0.1) is 0 Å². The van der Waals surface area contributed by atoms with Gasteiger partial charge in [-0.2, -0.15) is 0 Å². The lowest BCUT2D eigenvalue weighted by Gasteiger charge is -2.27. The van der Waals surface area contributed by atoms with Gasteiger partial charge in [0.25, 0.3) is 0 Å². The summed E-state index contributed by atoms with van der Waals surface area (Å²) in [4.78, 5) is 75.2. The number of carbonyl (C=O) groups excluding carboxylic acids is 4. The first-order valence-electron chi connectivity index (χ1n) is 14.3. The van der Waals surface area contributed by atoms with Crippen molar-refractivity contribution in [1.29, 1.82) is 0 Å². The highest BCUT2D eigenvalue weighted by Gasteiger charge is 2.32. The van der Waals surface area contributed by atoms with Gasteiger partial charge in [-0.05, 0) is 48.8 Å². The normalized spacial score (nSPS) is 14.5. The minimum atomic E-state index is -1.67. The summed E-state index contributed by atoms with van der Waals surface area (Å²) >= 11 is 0. The number of hydrogen-bond donors (Lipinski definition) is 9. The summed E-state index contributed by atoms with van der Waals surface area (Å²) in [7, 11) is 0. The molecule has 5 atom stereocenters. The SMILES string of the molecule is CC(C)C[C@H](NC(=O)[C@@H](N)CC(C)C)C(=O)N[C@@H](CCC(=O)O)C(=O)N[C@@H](Cc1ccc(O)cc1)C(=O)N[C@@H](CO)C(=O)O. The lowest BCUT2D eigenvalue weighted by Crippen LogP contribution is -2.59. The van der Waals surface area contributed by atoms with Crippen LogP contribution in [0.1, 0.15) is 58.9 Å². The number of benzene rings is 1. The molecule has 0 aliphatic carbocycles. The predicted octanol–water partition coefficient (Wildman–Crippen LogP) is -0.765. The molecule has 0 fully saturated rings. The average Bonchev–Trinajstić information content (AvgIpc) is 2.92. The third-order valence-corrected chi connectivity index (χ3v) is 6.49. The molecule has 0 aliphatic heterocycles. The molecule has 44 heavy (non-hydrogen) atoms. The number of rotatable bonds is 19. The quantitative estimate of drug-likeness (QED) is 0.0925. The summed E-state index contributed by atoms with van der Waals surface area (Å²) in [6.45, 7) is 6.48. The molecule has 0 saturated heterocycles. The third kappa shape index (κ3) is 13.8. The number of amides is 4. The Morgan fingerprint density at radius 2 is 1.18 bits per heavy atom. The van der Waals surface area contributed by atoms with E-state index in [4.69, 9.17) is 5.73 Å². The Kier molecular flexibility index (Phi) is 15.8. The highest BCUT2D eigenvalue weighted by Crippen LogP contribution is 2.13. The molecule has 1 aromatic rings. The number of aliphatic carboxylic acids is 2. The van der Waals surface area contributed by atoms with Crippen molar-refractivity contribution in [2.75, 3.05) is 6.61 Å². The number of aliphatic hydroxyl groups excluding tert-OH is 1. The zero-order valence-electron chi connectivity index (χ0n) is 25.4. The number of nitrogens with two attached hydrogens (primary N) is 1. The molecule has 4 amide bonds. The minimum Gasteiger partial charge on any atom is -0.508 e. The molecule has 0 aromatic heterocycles. The molecule has 0 heterocycles. The van der Waals surface area contributed by atoms with Gasteiger partial charge in [0.2, 0.25) is 23.6 Å². The fourth-order valence-corrected chi connectivity index (χ4v) is 4.21. The Morgan fingerprint density at radius 3 is 1.68 bits per heavy atom. The molecule has 0 radical (unpaired) electrons. The molecule has 246 valence electrons. The summed E-state index contributed by atoms with van der Waals surface area (Å²) in [5.41, 5.74) is 6.43. The molecule has 10 N–H and O–H groups in total. The number of carbonyl (C=O) groups is 6. The van der Waals surface area contributed by atoms with E-state index in [1.807, 2.05) is 27.7 Å². The van der Waals surface area contributed by atoms with Crippen LogP contribution in [0.4, 0.5) is 0 Å². The predicted molar refractivity (Wildman–Crippen MR) is 158 cm³/mol. The van der Waals surface area contributed by atoms with Gasteiger partial charge in [0.05, 0.1) is 12.6 Å². The van der Waals surface area contributed by atoms with E-state index in [1.54, 1.807) is 0 Å². The number of carboxylic acids is 2. The Hall–Kier alpha value is -4.24. The number of carboxylic acid groups (broad SMARTS) is 2. The van der Waals surface area contributed by atoms with Gasteiger partial charge < -0.3 is 47.4 Å². The Labute approximate surface area is 256 Å². The maximum absolute atomic E-state index is 13.4. The lowest BCUT2D eigenvalue weighted by molar-refractivity contribution is -0.143. The van der Waals surface area contributed by atoms with E-state index in [2.05, 4.69) is 21.3 Å². The molecule has 0 bridgehead atoms. The maximum atomic E-state index is 13.4. The summed E-state index contributed by atoms with van der Waals surface area (Å²) in [5, 5.41) is 47.1. The van der Waals surface area contributed by atoms with Gasteiger partial charge in [-0.1, -0.05) is 39.8 Å². The van der Waals surface area contributed by atoms with Crippen molar-refractivity contribution in [3.8, 4) is 5.75 Å². The van der Waals surface area contributed by atoms with Crippen molar-refractivity contribution in [3.05, 3.63) is 29.8 Å². The van der Waals surface area contributed by atoms with E-state index < -0.39 is 78.8 Å².